The summed E-state index contributed by atoms with van der Waals surface area (Å²) in [7, 11) is -4.06. The molecular formula is C26H35N5O7S2. The highest BCUT2D eigenvalue weighted by Crippen LogP contribution is 2.37. The van der Waals surface area contributed by atoms with Gasteiger partial charge in [0.2, 0.25) is 20.0 Å². The average Bonchev–Trinajstić information content (AvgIpc) is 3.53. The molecule has 0 aliphatic carbocycles. The van der Waals surface area contributed by atoms with Crippen molar-refractivity contribution >= 4 is 31.1 Å². The maximum atomic E-state index is 13.3. The van der Waals surface area contributed by atoms with E-state index in [1.54, 1.807) is 18.2 Å². The van der Waals surface area contributed by atoms with Crippen molar-refractivity contribution in [2.75, 3.05) is 39.9 Å². The second-order valence-electron chi connectivity index (χ2n) is 10.4. The fraction of sp³-hybridized carbons (Fsp3) is 0.500. The largest absolute Gasteiger partial charge is 0.491 e. The Morgan fingerprint density at radius 1 is 1.18 bits per heavy atom. The number of aliphatic hydroxyl groups is 1. The van der Waals surface area contributed by atoms with Crippen LogP contribution in [0.25, 0.3) is 11.0 Å². The highest BCUT2D eigenvalue weighted by atomic mass is 32.2. The second kappa shape index (κ2) is 11.4. The molecule has 2 aliphatic heterocycles. The normalized spacial score (nSPS) is 20.7. The molecule has 0 amide bonds. The summed E-state index contributed by atoms with van der Waals surface area (Å²) in [6.45, 7) is 1.45. The molecule has 40 heavy (non-hydrogen) atoms. The van der Waals surface area contributed by atoms with Gasteiger partial charge in [-0.25, -0.2) is 21.6 Å². The number of sulfonamides is 2. The van der Waals surface area contributed by atoms with E-state index < -0.39 is 31.8 Å². The molecule has 3 N–H and O–H groups in total. The summed E-state index contributed by atoms with van der Waals surface area (Å²) >= 11 is 0. The summed E-state index contributed by atoms with van der Waals surface area (Å²) in [5, 5.41) is 13.7. The first-order valence-corrected chi connectivity index (χ1v) is 16.1. The zero-order valence-electron chi connectivity index (χ0n) is 22.5. The van der Waals surface area contributed by atoms with Crippen molar-refractivity contribution < 1.29 is 31.4 Å². The van der Waals surface area contributed by atoms with Crippen LogP contribution in [0, 0.1) is 0 Å². The van der Waals surface area contributed by atoms with E-state index in [1.807, 2.05) is 23.9 Å². The fourth-order valence-electron chi connectivity index (χ4n) is 5.27. The third-order valence-corrected chi connectivity index (χ3v) is 10.9. The standard InChI is InChI=1S/C26H35N5O7S2/c1-27-39(33,34)22-5-3-4-21(12-22)37-18-20(32)15-28-19-14-26(38-17-19)7-10-31(11-8-26)40(35,36)23-13-25-24(29-16-23)6-9-30(25)2/h3-6,9,12-13,16,19-20,27-28,32H,7-8,10-11,14-15,17-18H2,1-2H3/t19?,20-/m0/s1. The van der Waals surface area contributed by atoms with Gasteiger partial charge in [-0.15, -0.1) is 0 Å². The molecule has 2 aliphatic rings. The van der Waals surface area contributed by atoms with E-state index in [0.717, 1.165) is 17.5 Å². The van der Waals surface area contributed by atoms with E-state index in [-0.39, 0.29) is 29.0 Å². The van der Waals surface area contributed by atoms with E-state index in [0.29, 0.717) is 38.3 Å². The first-order chi connectivity index (χ1) is 19.0. The molecule has 2 atom stereocenters. The van der Waals surface area contributed by atoms with E-state index in [1.165, 1.54) is 29.7 Å². The van der Waals surface area contributed by atoms with E-state index >= 15 is 0 Å². The molecule has 2 aromatic heterocycles. The van der Waals surface area contributed by atoms with Crippen molar-refractivity contribution in [2.45, 2.75) is 46.8 Å². The van der Waals surface area contributed by atoms with Crippen molar-refractivity contribution in [3.63, 3.8) is 0 Å². The van der Waals surface area contributed by atoms with Crippen LogP contribution in [0.2, 0.25) is 0 Å². The van der Waals surface area contributed by atoms with Crippen molar-refractivity contribution in [3.8, 4) is 5.75 Å². The summed E-state index contributed by atoms with van der Waals surface area (Å²) < 4.78 is 67.9. The lowest BCUT2D eigenvalue weighted by Crippen LogP contribution is -2.47. The maximum absolute atomic E-state index is 13.3. The Morgan fingerprint density at radius 2 is 1.95 bits per heavy atom. The SMILES string of the molecule is CNS(=O)(=O)c1cccc(OC[C@@H](O)CNC2COC3(CCN(S(=O)(=O)c4cnc5ccn(C)c5c4)CC3)C2)c1. The van der Waals surface area contributed by atoms with Gasteiger partial charge in [-0.3, -0.25) is 4.98 Å². The summed E-state index contributed by atoms with van der Waals surface area (Å²) in [4.78, 5) is 4.59. The van der Waals surface area contributed by atoms with Crippen molar-refractivity contribution in [1.29, 1.82) is 0 Å². The number of pyridine rings is 1. The van der Waals surface area contributed by atoms with E-state index in [4.69, 9.17) is 9.47 Å². The molecule has 1 spiro atoms. The molecule has 218 valence electrons. The lowest BCUT2D eigenvalue weighted by Gasteiger charge is -2.38. The minimum atomic E-state index is -3.67. The minimum absolute atomic E-state index is 0.00893. The van der Waals surface area contributed by atoms with Gasteiger partial charge in [-0.2, -0.15) is 4.31 Å². The van der Waals surface area contributed by atoms with Gasteiger partial charge < -0.3 is 24.5 Å². The molecule has 0 bridgehead atoms. The Hall–Kier alpha value is -2.59. The molecule has 0 radical (unpaired) electrons. The van der Waals surface area contributed by atoms with Crippen LogP contribution in [0.15, 0.2) is 58.6 Å². The highest BCUT2D eigenvalue weighted by molar-refractivity contribution is 7.89. The lowest BCUT2D eigenvalue weighted by molar-refractivity contribution is -0.0312. The Balaban J connectivity index is 1.09. The molecule has 1 unspecified atom stereocenters. The summed E-state index contributed by atoms with van der Waals surface area (Å²) in [6, 6.07) is 9.62. The van der Waals surface area contributed by atoms with Gasteiger partial charge in [-0.1, -0.05) is 6.07 Å². The number of fused-ring (bicyclic) bond motifs is 1. The quantitative estimate of drug-likeness (QED) is 0.310. The molecule has 2 fully saturated rings. The van der Waals surface area contributed by atoms with Gasteiger partial charge in [0.15, 0.2) is 0 Å². The van der Waals surface area contributed by atoms with Gasteiger partial charge in [0.05, 0.1) is 28.1 Å². The summed E-state index contributed by atoms with van der Waals surface area (Å²) in [5.74, 6) is 0.347. The van der Waals surface area contributed by atoms with Crippen LogP contribution in [0.5, 0.6) is 5.75 Å². The van der Waals surface area contributed by atoms with Gasteiger partial charge >= 0.3 is 0 Å². The molecule has 0 saturated carbocycles. The number of aryl methyl sites for hydroxylation is 1. The summed E-state index contributed by atoms with van der Waals surface area (Å²) in [6.07, 6.45) is 4.34. The van der Waals surface area contributed by atoms with Crippen molar-refractivity contribution in [3.05, 3.63) is 48.8 Å². The van der Waals surface area contributed by atoms with Crippen LogP contribution in [-0.2, 0) is 31.8 Å². The zero-order valence-corrected chi connectivity index (χ0v) is 24.1. The number of piperidine rings is 1. The van der Waals surface area contributed by atoms with Crippen LogP contribution >= 0.6 is 0 Å². The first kappa shape index (κ1) is 28.9. The Morgan fingerprint density at radius 3 is 2.70 bits per heavy atom. The molecule has 14 heteroatoms. The van der Waals surface area contributed by atoms with Crippen molar-refractivity contribution in [1.82, 2.24) is 23.9 Å². The van der Waals surface area contributed by atoms with Gasteiger partial charge in [0.25, 0.3) is 0 Å². The molecule has 5 rings (SSSR count). The maximum Gasteiger partial charge on any atom is 0.244 e. The van der Waals surface area contributed by atoms with E-state index in [2.05, 4.69) is 15.0 Å². The predicted octanol–water partition coefficient (Wildman–Crippen LogP) is 0.823. The molecule has 1 aromatic carbocycles. The Kier molecular flexibility index (Phi) is 8.21. The van der Waals surface area contributed by atoms with Gasteiger partial charge in [-0.05, 0) is 50.6 Å². The van der Waals surface area contributed by atoms with Crippen LogP contribution in [-0.4, -0.2) is 93.4 Å². The highest BCUT2D eigenvalue weighted by Gasteiger charge is 2.44. The lowest BCUT2D eigenvalue weighted by atomic mass is 9.88. The third-order valence-electron chi connectivity index (χ3n) is 7.66. The molecule has 2 saturated heterocycles. The predicted molar refractivity (Wildman–Crippen MR) is 148 cm³/mol. The number of aromatic nitrogens is 2. The molecule has 12 nitrogen and oxygen atoms in total. The average molecular weight is 594 g/mol. The van der Waals surface area contributed by atoms with Gasteiger partial charge in [0, 0.05) is 51.2 Å². The number of aliphatic hydroxyl groups excluding tert-OH is 1. The Labute approximate surface area is 234 Å². The van der Waals surface area contributed by atoms with Crippen molar-refractivity contribution in [2.24, 2.45) is 7.05 Å². The number of nitrogens with one attached hydrogen (secondary N) is 2. The van der Waals surface area contributed by atoms with Crippen LogP contribution in [0.1, 0.15) is 19.3 Å². The smallest absolute Gasteiger partial charge is 0.244 e. The number of hydrogen-bond donors (Lipinski definition) is 3. The molecule has 3 aromatic rings. The second-order valence-corrected chi connectivity index (χ2v) is 14.2. The number of benzene rings is 1. The van der Waals surface area contributed by atoms with Crippen LogP contribution in [0.3, 0.4) is 0 Å². The monoisotopic (exact) mass is 593 g/mol. The Bertz CT molecular complexity index is 1570. The number of nitrogens with zero attached hydrogens (tertiary/aromatic N) is 3. The third kappa shape index (κ3) is 6.03. The van der Waals surface area contributed by atoms with Crippen LogP contribution in [0.4, 0.5) is 0 Å². The number of ether oxygens (including phenoxy) is 2. The summed E-state index contributed by atoms with van der Waals surface area (Å²) in [5.41, 5.74) is 1.12. The zero-order chi connectivity index (χ0) is 28.5. The van der Waals surface area contributed by atoms with E-state index in [9.17, 15) is 21.9 Å². The van der Waals surface area contributed by atoms with Crippen LogP contribution < -0.4 is 14.8 Å². The number of rotatable bonds is 10. The topological polar surface area (TPSA) is 152 Å². The first-order valence-electron chi connectivity index (χ1n) is 13.1. The fourth-order valence-corrected chi connectivity index (χ4v) is 7.44. The number of hydrogen-bond acceptors (Lipinski definition) is 9. The molecular weight excluding hydrogens is 558 g/mol. The van der Waals surface area contributed by atoms with Gasteiger partial charge in [0.1, 0.15) is 23.4 Å². The minimum Gasteiger partial charge on any atom is -0.491 e. The molecule has 4 heterocycles.